The molecule has 0 aliphatic carbocycles. The smallest absolute Gasteiger partial charge is 0.238 e. The predicted molar refractivity (Wildman–Crippen MR) is 110 cm³/mol. The number of hydrogen-bond donors (Lipinski definition) is 2. The van der Waals surface area contributed by atoms with Crippen molar-refractivity contribution in [3.63, 3.8) is 0 Å². The highest BCUT2D eigenvalue weighted by Crippen LogP contribution is 2.22. The van der Waals surface area contributed by atoms with Crippen LogP contribution in [-0.4, -0.2) is 62.3 Å². The number of amides is 2. The molecule has 1 saturated heterocycles. The average Bonchev–Trinajstić information content (AvgIpc) is 2.99. The Balaban J connectivity index is 1.55. The van der Waals surface area contributed by atoms with E-state index in [9.17, 15) is 18.0 Å². The van der Waals surface area contributed by atoms with E-state index in [1.54, 1.807) is 4.90 Å². The summed E-state index contributed by atoms with van der Waals surface area (Å²) in [6.07, 6.45) is 0.446. The van der Waals surface area contributed by atoms with E-state index < -0.39 is 9.84 Å². The number of benzene rings is 2. The molecule has 0 aromatic heterocycles. The molecule has 1 fully saturated rings. The molecule has 28 heavy (non-hydrogen) atoms. The molecule has 7 nitrogen and oxygen atoms in total. The second-order valence-electron chi connectivity index (χ2n) is 7.05. The number of sulfone groups is 1. The van der Waals surface area contributed by atoms with E-state index >= 15 is 0 Å². The molecule has 8 heteroatoms. The number of anilines is 1. The lowest BCUT2D eigenvalue weighted by atomic mass is 10.1. The normalized spacial score (nSPS) is 18.3. The van der Waals surface area contributed by atoms with Gasteiger partial charge < -0.3 is 10.6 Å². The number of nitrogens with one attached hydrogen (secondary N) is 2. The van der Waals surface area contributed by atoms with Gasteiger partial charge in [-0.3, -0.25) is 14.5 Å². The minimum atomic E-state index is -3.04. The van der Waals surface area contributed by atoms with Crippen LogP contribution in [0, 0.1) is 0 Å². The van der Waals surface area contributed by atoms with E-state index in [0.717, 1.165) is 16.5 Å². The van der Waals surface area contributed by atoms with E-state index in [1.807, 2.05) is 49.4 Å². The van der Waals surface area contributed by atoms with Crippen molar-refractivity contribution in [1.82, 2.24) is 10.2 Å². The minimum Gasteiger partial charge on any atom is -0.351 e. The van der Waals surface area contributed by atoms with Crippen molar-refractivity contribution < 1.29 is 18.0 Å². The second kappa shape index (κ2) is 8.70. The summed E-state index contributed by atoms with van der Waals surface area (Å²) in [5.74, 6) is -0.355. The largest absolute Gasteiger partial charge is 0.351 e. The van der Waals surface area contributed by atoms with Gasteiger partial charge in [0, 0.05) is 17.1 Å². The molecule has 0 bridgehead atoms. The molecule has 1 aliphatic rings. The third-order valence-electron chi connectivity index (χ3n) is 4.84. The molecule has 0 spiro atoms. The van der Waals surface area contributed by atoms with Crippen LogP contribution in [0.1, 0.15) is 13.3 Å². The van der Waals surface area contributed by atoms with E-state index in [2.05, 4.69) is 10.6 Å². The fraction of sp³-hybridized carbons (Fsp3) is 0.400. The number of likely N-dealkylation sites (N-methyl/N-ethyl adjacent to an activating group) is 1. The van der Waals surface area contributed by atoms with Crippen LogP contribution < -0.4 is 10.6 Å². The molecule has 2 amide bonds. The van der Waals surface area contributed by atoms with Gasteiger partial charge in [-0.1, -0.05) is 43.3 Å². The highest BCUT2D eigenvalue weighted by Gasteiger charge is 2.29. The summed E-state index contributed by atoms with van der Waals surface area (Å²) in [4.78, 5) is 26.4. The first kappa shape index (κ1) is 20.3. The van der Waals surface area contributed by atoms with E-state index in [-0.39, 0.29) is 42.5 Å². The quantitative estimate of drug-likeness (QED) is 0.729. The topological polar surface area (TPSA) is 95.6 Å². The maximum atomic E-state index is 12.5. The van der Waals surface area contributed by atoms with Gasteiger partial charge in [-0.25, -0.2) is 8.42 Å². The zero-order valence-electron chi connectivity index (χ0n) is 15.8. The highest BCUT2D eigenvalue weighted by atomic mass is 32.2. The molecule has 3 rings (SSSR count). The summed E-state index contributed by atoms with van der Waals surface area (Å²) in [6.45, 7) is 2.53. The molecule has 0 radical (unpaired) electrons. The Kier molecular flexibility index (Phi) is 6.31. The maximum absolute atomic E-state index is 12.5. The number of nitrogens with zero attached hydrogens (tertiary/aromatic N) is 1. The zero-order valence-corrected chi connectivity index (χ0v) is 16.7. The van der Waals surface area contributed by atoms with Crippen LogP contribution in [0.25, 0.3) is 10.8 Å². The molecule has 1 heterocycles. The SMILES string of the molecule is CCN(CC(=O)Nc1cccc2ccccc12)CC(=O)N[C@@H]1CCS(=O)(=O)C1. The molecule has 1 atom stereocenters. The lowest BCUT2D eigenvalue weighted by Crippen LogP contribution is -2.44. The van der Waals surface area contributed by atoms with Crippen molar-refractivity contribution in [2.75, 3.05) is 36.5 Å². The molecule has 150 valence electrons. The lowest BCUT2D eigenvalue weighted by Gasteiger charge is -2.21. The molecule has 0 unspecified atom stereocenters. The molecular weight excluding hydrogens is 378 g/mol. The summed E-state index contributed by atoms with van der Waals surface area (Å²) in [5, 5.41) is 7.67. The Morgan fingerprint density at radius 1 is 1.07 bits per heavy atom. The first-order valence-electron chi connectivity index (χ1n) is 9.36. The van der Waals surface area contributed by atoms with Crippen LogP contribution in [0.3, 0.4) is 0 Å². The predicted octanol–water partition coefficient (Wildman–Crippen LogP) is 1.40. The Bertz CT molecular complexity index is 969. The molecule has 2 aromatic rings. The number of carbonyl (C=O) groups is 2. The van der Waals surface area contributed by atoms with Gasteiger partial charge in [0.15, 0.2) is 9.84 Å². The van der Waals surface area contributed by atoms with E-state index in [4.69, 9.17) is 0 Å². The third kappa shape index (κ3) is 5.30. The second-order valence-corrected chi connectivity index (χ2v) is 9.27. The van der Waals surface area contributed by atoms with Crippen molar-refractivity contribution in [3.8, 4) is 0 Å². The third-order valence-corrected chi connectivity index (χ3v) is 6.61. The number of carbonyl (C=O) groups excluding carboxylic acids is 2. The molecule has 2 N–H and O–H groups in total. The number of hydrogen-bond acceptors (Lipinski definition) is 5. The lowest BCUT2D eigenvalue weighted by molar-refractivity contribution is -0.123. The minimum absolute atomic E-state index is 0.00751. The first-order valence-corrected chi connectivity index (χ1v) is 11.2. The Morgan fingerprint density at radius 3 is 2.50 bits per heavy atom. The van der Waals surface area contributed by atoms with Crippen molar-refractivity contribution >= 4 is 38.1 Å². The molecule has 1 aliphatic heterocycles. The van der Waals surface area contributed by atoms with Gasteiger partial charge in [0.25, 0.3) is 0 Å². The summed E-state index contributed by atoms with van der Waals surface area (Å²) in [5.41, 5.74) is 0.736. The van der Waals surface area contributed by atoms with Crippen LogP contribution in [0.15, 0.2) is 42.5 Å². The van der Waals surface area contributed by atoms with Gasteiger partial charge in [0.1, 0.15) is 0 Å². The van der Waals surface area contributed by atoms with Crippen molar-refractivity contribution in [1.29, 1.82) is 0 Å². The van der Waals surface area contributed by atoms with E-state index in [0.29, 0.717) is 13.0 Å². The standard InChI is InChI=1S/C20H25N3O4S/c1-2-23(12-19(24)21-16-10-11-28(26,27)14-16)13-20(25)22-18-9-5-7-15-6-3-4-8-17(15)18/h3-9,16H,2,10-14H2,1H3,(H,21,24)(H,22,25)/t16-/m1/s1. The van der Waals surface area contributed by atoms with Crippen LogP contribution in [0.2, 0.25) is 0 Å². The van der Waals surface area contributed by atoms with Gasteiger partial charge in [-0.2, -0.15) is 0 Å². The van der Waals surface area contributed by atoms with Crippen LogP contribution in [0.4, 0.5) is 5.69 Å². The fourth-order valence-electron chi connectivity index (χ4n) is 3.39. The summed E-state index contributed by atoms with van der Waals surface area (Å²) in [7, 11) is -3.04. The monoisotopic (exact) mass is 403 g/mol. The number of rotatable bonds is 7. The first-order chi connectivity index (χ1) is 13.4. The molecule has 2 aromatic carbocycles. The Morgan fingerprint density at radius 2 is 1.79 bits per heavy atom. The Hall–Kier alpha value is -2.45. The maximum Gasteiger partial charge on any atom is 0.238 e. The van der Waals surface area contributed by atoms with Crippen LogP contribution in [0.5, 0.6) is 0 Å². The number of fused-ring (bicyclic) bond motifs is 1. The van der Waals surface area contributed by atoms with Crippen molar-refractivity contribution in [3.05, 3.63) is 42.5 Å². The zero-order chi connectivity index (χ0) is 20.1. The average molecular weight is 404 g/mol. The van der Waals surface area contributed by atoms with Gasteiger partial charge >= 0.3 is 0 Å². The fourth-order valence-corrected chi connectivity index (χ4v) is 5.07. The van der Waals surface area contributed by atoms with Gasteiger partial charge in [-0.15, -0.1) is 0 Å². The summed E-state index contributed by atoms with van der Waals surface area (Å²) in [6, 6.07) is 13.2. The highest BCUT2D eigenvalue weighted by molar-refractivity contribution is 7.91. The van der Waals surface area contributed by atoms with Crippen molar-refractivity contribution in [2.24, 2.45) is 0 Å². The van der Waals surface area contributed by atoms with Crippen molar-refractivity contribution in [2.45, 2.75) is 19.4 Å². The Labute approximate surface area is 165 Å². The van der Waals surface area contributed by atoms with E-state index in [1.165, 1.54) is 0 Å². The van der Waals surface area contributed by atoms with Crippen LogP contribution in [-0.2, 0) is 19.4 Å². The van der Waals surface area contributed by atoms with Gasteiger partial charge in [0.2, 0.25) is 11.8 Å². The summed E-state index contributed by atoms with van der Waals surface area (Å²) >= 11 is 0. The van der Waals surface area contributed by atoms with Crippen LogP contribution >= 0.6 is 0 Å². The van der Waals surface area contributed by atoms with Gasteiger partial charge in [0.05, 0.1) is 24.6 Å². The summed E-state index contributed by atoms with van der Waals surface area (Å²) < 4.78 is 23.0. The van der Waals surface area contributed by atoms with Gasteiger partial charge in [-0.05, 0) is 24.4 Å². The molecular formula is C20H25N3O4S. The molecule has 0 saturated carbocycles.